The molecule has 0 unspecified atom stereocenters. The van der Waals surface area contributed by atoms with Gasteiger partial charge in [0.05, 0.1) is 19.3 Å². The van der Waals surface area contributed by atoms with Gasteiger partial charge in [0, 0.05) is 13.1 Å². The highest BCUT2D eigenvalue weighted by Gasteiger charge is 2.21. The molecule has 5 nitrogen and oxygen atoms in total. The van der Waals surface area contributed by atoms with Crippen molar-refractivity contribution in [1.29, 1.82) is 0 Å². The van der Waals surface area contributed by atoms with Crippen molar-refractivity contribution < 1.29 is 9.47 Å². The van der Waals surface area contributed by atoms with E-state index in [0.717, 1.165) is 37.1 Å². The van der Waals surface area contributed by atoms with Crippen LogP contribution >= 0.6 is 11.5 Å². The maximum Gasteiger partial charge on any atom is 0.198 e. The van der Waals surface area contributed by atoms with Gasteiger partial charge < -0.3 is 20.1 Å². The molecule has 2 rings (SSSR count). The Kier molecular flexibility index (Phi) is 3.50. The van der Waals surface area contributed by atoms with Gasteiger partial charge in [-0.2, -0.15) is 4.37 Å². The van der Waals surface area contributed by atoms with Gasteiger partial charge in [-0.05, 0) is 25.4 Å². The number of rotatable bonds is 3. The fraction of sp³-hybridized carbons (Fsp3) is 0.700. The molecule has 2 heterocycles. The molecular weight excluding hydrogens is 226 g/mol. The third-order valence-corrected chi connectivity index (χ3v) is 3.21. The van der Waals surface area contributed by atoms with Crippen LogP contribution in [0.2, 0.25) is 0 Å². The Morgan fingerprint density at radius 1 is 1.44 bits per heavy atom. The van der Waals surface area contributed by atoms with Gasteiger partial charge in [-0.1, -0.05) is 0 Å². The van der Waals surface area contributed by atoms with Crippen molar-refractivity contribution in [2.75, 3.05) is 36.9 Å². The summed E-state index contributed by atoms with van der Waals surface area (Å²) in [5.74, 6) is 1.21. The summed E-state index contributed by atoms with van der Waals surface area (Å²) in [7, 11) is 0. The summed E-state index contributed by atoms with van der Waals surface area (Å²) < 4.78 is 15.2. The molecule has 1 saturated heterocycles. The van der Waals surface area contributed by atoms with Crippen LogP contribution in [0.15, 0.2) is 0 Å². The van der Waals surface area contributed by atoms with E-state index in [4.69, 9.17) is 15.2 Å². The maximum atomic E-state index is 5.81. The Bertz CT molecular complexity index is 348. The Morgan fingerprint density at radius 2 is 2.12 bits per heavy atom. The van der Waals surface area contributed by atoms with E-state index < -0.39 is 0 Å². The number of aromatic nitrogens is 1. The van der Waals surface area contributed by atoms with E-state index in [1.165, 1.54) is 11.5 Å². The molecule has 0 aromatic carbocycles. The highest BCUT2D eigenvalue weighted by molar-refractivity contribution is 7.11. The predicted octanol–water partition coefficient (Wildman–Crippen LogP) is 1.35. The minimum atomic E-state index is 0.110. The Morgan fingerprint density at radius 3 is 2.75 bits per heavy atom. The van der Waals surface area contributed by atoms with E-state index in [-0.39, 0.29) is 6.10 Å². The summed E-state index contributed by atoms with van der Waals surface area (Å²) in [5.41, 5.74) is 5.81. The van der Waals surface area contributed by atoms with Crippen LogP contribution in [0.25, 0.3) is 0 Å². The van der Waals surface area contributed by atoms with Crippen LogP contribution in [0.3, 0.4) is 0 Å². The van der Waals surface area contributed by atoms with Gasteiger partial charge in [0.15, 0.2) is 16.6 Å². The monoisotopic (exact) mass is 243 g/mol. The maximum absolute atomic E-state index is 5.81. The van der Waals surface area contributed by atoms with E-state index in [9.17, 15) is 0 Å². The van der Waals surface area contributed by atoms with Crippen LogP contribution in [0.1, 0.15) is 13.8 Å². The first-order chi connectivity index (χ1) is 7.68. The standard InChI is InChI=1S/C10H17N3O2S/c1-7(2)15-8-9(11)12-16-10(8)13-3-5-14-6-4-13/h7H,3-6H2,1-2H3,(H2,11,12). The third kappa shape index (κ3) is 2.38. The second-order valence-electron chi connectivity index (χ2n) is 3.97. The summed E-state index contributed by atoms with van der Waals surface area (Å²) in [4.78, 5) is 2.22. The SMILES string of the molecule is CC(C)Oc1c(N)nsc1N1CCOCC1. The number of nitrogen functional groups attached to an aromatic ring is 1. The molecule has 16 heavy (non-hydrogen) atoms. The minimum Gasteiger partial charge on any atom is -0.484 e. The van der Waals surface area contributed by atoms with Crippen LogP contribution in [-0.2, 0) is 4.74 Å². The van der Waals surface area contributed by atoms with Crippen molar-refractivity contribution in [2.45, 2.75) is 20.0 Å². The van der Waals surface area contributed by atoms with Crippen LogP contribution < -0.4 is 15.4 Å². The lowest BCUT2D eigenvalue weighted by atomic mass is 10.4. The van der Waals surface area contributed by atoms with E-state index in [2.05, 4.69) is 9.27 Å². The predicted molar refractivity (Wildman–Crippen MR) is 65.3 cm³/mol. The molecule has 1 aliphatic heterocycles. The van der Waals surface area contributed by atoms with Crippen molar-refractivity contribution in [3.8, 4) is 5.75 Å². The van der Waals surface area contributed by atoms with Gasteiger partial charge >= 0.3 is 0 Å². The van der Waals surface area contributed by atoms with E-state index in [0.29, 0.717) is 5.82 Å². The fourth-order valence-electron chi connectivity index (χ4n) is 1.60. The summed E-state index contributed by atoms with van der Waals surface area (Å²) in [6.45, 7) is 7.21. The summed E-state index contributed by atoms with van der Waals surface area (Å²) in [5, 5.41) is 1.02. The van der Waals surface area contributed by atoms with Crippen molar-refractivity contribution in [3.63, 3.8) is 0 Å². The van der Waals surface area contributed by atoms with Crippen LogP contribution in [0.5, 0.6) is 5.75 Å². The second-order valence-corrected chi connectivity index (χ2v) is 4.72. The lowest BCUT2D eigenvalue weighted by molar-refractivity contribution is 0.122. The Labute approximate surface area is 99.3 Å². The largest absolute Gasteiger partial charge is 0.484 e. The lowest BCUT2D eigenvalue weighted by Crippen LogP contribution is -2.36. The number of nitrogens with zero attached hydrogens (tertiary/aromatic N) is 2. The van der Waals surface area contributed by atoms with Crippen LogP contribution in [0, 0.1) is 0 Å². The van der Waals surface area contributed by atoms with E-state index in [1.807, 2.05) is 13.8 Å². The first-order valence-electron chi connectivity index (χ1n) is 5.43. The number of hydrogen-bond acceptors (Lipinski definition) is 6. The smallest absolute Gasteiger partial charge is 0.198 e. The summed E-state index contributed by atoms with van der Waals surface area (Å²) >= 11 is 1.40. The lowest BCUT2D eigenvalue weighted by Gasteiger charge is -2.28. The molecule has 1 aromatic rings. The van der Waals surface area contributed by atoms with E-state index in [1.54, 1.807) is 0 Å². The summed E-state index contributed by atoms with van der Waals surface area (Å²) in [6, 6.07) is 0. The molecule has 6 heteroatoms. The molecule has 1 fully saturated rings. The molecule has 1 aromatic heterocycles. The normalized spacial score (nSPS) is 16.8. The molecule has 0 spiro atoms. The fourth-order valence-corrected chi connectivity index (χ4v) is 2.40. The number of ether oxygens (including phenoxy) is 2. The molecule has 1 aliphatic rings. The Hall–Kier alpha value is -1.01. The first-order valence-corrected chi connectivity index (χ1v) is 6.20. The van der Waals surface area contributed by atoms with Crippen molar-refractivity contribution in [1.82, 2.24) is 4.37 Å². The van der Waals surface area contributed by atoms with Gasteiger partial charge in [-0.15, -0.1) is 0 Å². The molecule has 0 aliphatic carbocycles. The molecule has 0 radical (unpaired) electrons. The Balaban J connectivity index is 2.18. The topological polar surface area (TPSA) is 60.6 Å². The summed E-state index contributed by atoms with van der Waals surface area (Å²) in [6.07, 6.45) is 0.110. The zero-order valence-electron chi connectivity index (χ0n) is 9.60. The highest BCUT2D eigenvalue weighted by Crippen LogP contribution is 2.39. The number of anilines is 2. The van der Waals surface area contributed by atoms with Gasteiger partial charge in [0.2, 0.25) is 0 Å². The molecule has 0 bridgehead atoms. The third-order valence-electron chi connectivity index (χ3n) is 2.31. The van der Waals surface area contributed by atoms with E-state index >= 15 is 0 Å². The average molecular weight is 243 g/mol. The van der Waals surface area contributed by atoms with Crippen molar-refractivity contribution >= 4 is 22.4 Å². The zero-order valence-corrected chi connectivity index (χ0v) is 10.4. The first kappa shape index (κ1) is 11.5. The average Bonchev–Trinajstić information content (AvgIpc) is 2.61. The quantitative estimate of drug-likeness (QED) is 0.868. The van der Waals surface area contributed by atoms with Crippen molar-refractivity contribution in [2.24, 2.45) is 0 Å². The van der Waals surface area contributed by atoms with Gasteiger partial charge in [0.25, 0.3) is 0 Å². The molecule has 2 N–H and O–H groups in total. The number of hydrogen-bond donors (Lipinski definition) is 1. The highest BCUT2D eigenvalue weighted by atomic mass is 32.1. The van der Waals surface area contributed by atoms with Crippen LogP contribution in [-0.4, -0.2) is 36.8 Å². The van der Waals surface area contributed by atoms with Crippen molar-refractivity contribution in [3.05, 3.63) is 0 Å². The minimum absolute atomic E-state index is 0.110. The molecular formula is C10H17N3O2S. The van der Waals surface area contributed by atoms with Gasteiger partial charge in [0.1, 0.15) is 0 Å². The number of morpholine rings is 1. The second kappa shape index (κ2) is 4.88. The molecule has 0 saturated carbocycles. The number of nitrogens with two attached hydrogens (primary N) is 1. The van der Waals surface area contributed by atoms with Gasteiger partial charge in [-0.3, -0.25) is 0 Å². The van der Waals surface area contributed by atoms with Crippen LogP contribution in [0.4, 0.5) is 10.8 Å². The molecule has 0 atom stereocenters. The zero-order chi connectivity index (χ0) is 11.5. The van der Waals surface area contributed by atoms with Gasteiger partial charge in [-0.25, -0.2) is 0 Å². The molecule has 90 valence electrons. The molecule has 0 amide bonds.